The Labute approximate surface area is 138 Å². The van der Waals surface area contributed by atoms with Gasteiger partial charge < -0.3 is 15.2 Å². The lowest BCUT2D eigenvalue weighted by molar-refractivity contribution is -0.130. The Morgan fingerprint density at radius 1 is 1.52 bits per heavy atom. The first kappa shape index (κ1) is 17.9. The summed E-state index contributed by atoms with van der Waals surface area (Å²) in [6, 6.07) is 5.75. The lowest BCUT2D eigenvalue weighted by Crippen LogP contribution is -2.40. The molecule has 1 aliphatic rings. The summed E-state index contributed by atoms with van der Waals surface area (Å²) in [5.74, 6) is 0.128. The van der Waals surface area contributed by atoms with Crippen LogP contribution >= 0.6 is 0 Å². The van der Waals surface area contributed by atoms with E-state index in [0.29, 0.717) is 19.6 Å². The number of carbonyl (C=O) groups is 1. The number of aliphatic hydroxyl groups excluding tert-OH is 1. The standard InChI is InChI=1S/C18H28N2O3/c1-2-5-17-11-15(7-9-23-17)18(22)20-12-14(13-21)10-16-6-3-4-8-19-16/h3-4,6,8,14-15,17,21H,2,5,7,9-13H2,1H3,(H,20,22). The predicted octanol–water partition coefficient (Wildman–Crippen LogP) is 1.94. The molecule has 3 atom stereocenters. The molecule has 1 amide bonds. The van der Waals surface area contributed by atoms with Gasteiger partial charge in [-0.25, -0.2) is 0 Å². The molecule has 1 saturated heterocycles. The summed E-state index contributed by atoms with van der Waals surface area (Å²) >= 11 is 0. The van der Waals surface area contributed by atoms with Crippen LogP contribution in [0, 0.1) is 11.8 Å². The second-order valence-electron chi connectivity index (χ2n) is 6.32. The third-order valence-corrected chi connectivity index (χ3v) is 4.40. The number of hydrogen-bond acceptors (Lipinski definition) is 4. The summed E-state index contributed by atoms with van der Waals surface area (Å²) in [5.41, 5.74) is 0.940. The molecule has 0 aliphatic carbocycles. The molecule has 0 saturated carbocycles. The van der Waals surface area contributed by atoms with E-state index in [1.54, 1.807) is 6.20 Å². The molecule has 2 heterocycles. The SMILES string of the molecule is CCCC1CC(C(=O)NCC(CO)Cc2ccccn2)CCO1. The van der Waals surface area contributed by atoms with Crippen molar-refractivity contribution >= 4 is 5.91 Å². The van der Waals surface area contributed by atoms with Gasteiger partial charge in [-0.2, -0.15) is 0 Å². The second-order valence-corrected chi connectivity index (χ2v) is 6.32. The Morgan fingerprint density at radius 2 is 2.39 bits per heavy atom. The van der Waals surface area contributed by atoms with Crippen LogP contribution in [-0.2, 0) is 16.0 Å². The number of aromatic nitrogens is 1. The van der Waals surface area contributed by atoms with Crippen molar-refractivity contribution in [3.05, 3.63) is 30.1 Å². The van der Waals surface area contributed by atoms with Gasteiger partial charge in [-0.05, 0) is 37.8 Å². The first-order valence-corrected chi connectivity index (χ1v) is 8.63. The maximum atomic E-state index is 12.4. The molecule has 5 nitrogen and oxygen atoms in total. The van der Waals surface area contributed by atoms with Crippen LogP contribution in [0.25, 0.3) is 0 Å². The smallest absolute Gasteiger partial charge is 0.223 e. The maximum Gasteiger partial charge on any atom is 0.223 e. The molecule has 0 spiro atoms. The van der Waals surface area contributed by atoms with Gasteiger partial charge in [0.1, 0.15) is 0 Å². The van der Waals surface area contributed by atoms with Gasteiger partial charge in [0.15, 0.2) is 0 Å². The molecule has 2 N–H and O–H groups in total. The first-order chi connectivity index (χ1) is 11.2. The van der Waals surface area contributed by atoms with Crippen LogP contribution in [0.4, 0.5) is 0 Å². The number of nitrogens with one attached hydrogen (secondary N) is 1. The van der Waals surface area contributed by atoms with Gasteiger partial charge in [-0.3, -0.25) is 9.78 Å². The maximum absolute atomic E-state index is 12.4. The number of aliphatic hydroxyl groups is 1. The van der Waals surface area contributed by atoms with Crippen molar-refractivity contribution in [1.82, 2.24) is 10.3 Å². The normalized spacial score (nSPS) is 22.5. The molecule has 3 unspecified atom stereocenters. The van der Waals surface area contributed by atoms with Crippen molar-refractivity contribution in [1.29, 1.82) is 0 Å². The zero-order valence-electron chi connectivity index (χ0n) is 13.9. The number of carbonyl (C=O) groups excluding carboxylic acids is 1. The zero-order valence-corrected chi connectivity index (χ0v) is 13.9. The minimum atomic E-state index is 0.000120. The summed E-state index contributed by atoms with van der Waals surface area (Å²) in [5, 5.41) is 12.5. The molecule has 1 aromatic heterocycles. The van der Waals surface area contributed by atoms with Crippen molar-refractivity contribution in [2.45, 2.75) is 45.1 Å². The third-order valence-electron chi connectivity index (χ3n) is 4.40. The first-order valence-electron chi connectivity index (χ1n) is 8.63. The van der Waals surface area contributed by atoms with E-state index >= 15 is 0 Å². The van der Waals surface area contributed by atoms with Crippen LogP contribution in [-0.4, -0.2) is 41.9 Å². The van der Waals surface area contributed by atoms with Gasteiger partial charge in [0.05, 0.1) is 6.10 Å². The molecule has 1 fully saturated rings. The Balaban J connectivity index is 1.77. The van der Waals surface area contributed by atoms with Crippen molar-refractivity contribution < 1.29 is 14.6 Å². The highest BCUT2D eigenvalue weighted by Crippen LogP contribution is 2.23. The summed E-state index contributed by atoms with van der Waals surface area (Å²) in [7, 11) is 0. The average molecular weight is 320 g/mol. The van der Waals surface area contributed by atoms with E-state index in [1.807, 2.05) is 18.2 Å². The summed E-state index contributed by atoms with van der Waals surface area (Å²) in [6.45, 7) is 3.33. The number of pyridine rings is 1. The molecule has 1 aromatic rings. The third kappa shape index (κ3) is 5.92. The van der Waals surface area contributed by atoms with Gasteiger partial charge in [-0.1, -0.05) is 19.4 Å². The molecule has 0 aromatic carbocycles. The fourth-order valence-corrected chi connectivity index (χ4v) is 3.05. The van der Waals surface area contributed by atoms with Crippen LogP contribution in [0.2, 0.25) is 0 Å². The molecule has 2 rings (SSSR count). The van der Waals surface area contributed by atoms with E-state index in [2.05, 4.69) is 17.2 Å². The Bertz CT molecular complexity index is 465. The van der Waals surface area contributed by atoms with Crippen LogP contribution in [0.15, 0.2) is 24.4 Å². The van der Waals surface area contributed by atoms with Gasteiger partial charge in [0, 0.05) is 43.5 Å². The highest BCUT2D eigenvalue weighted by Gasteiger charge is 2.27. The highest BCUT2D eigenvalue weighted by atomic mass is 16.5. The van der Waals surface area contributed by atoms with Crippen LogP contribution in [0.3, 0.4) is 0 Å². The predicted molar refractivity (Wildman–Crippen MR) is 88.9 cm³/mol. The molecule has 1 aliphatic heterocycles. The summed E-state index contributed by atoms with van der Waals surface area (Å²) < 4.78 is 5.70. The topological polar surface area (TPSA) is 71.5 Å². The van der Waals surface area contributed by atoms with E-state index in [4.69, 9.17) is 4.74 Å². The highest BCUT2D eigenvalue weighted by molar-refractivity contribution is 5.78. The largest absolute Gasteiger partial charge is 0.396 e. The number of amides is 1. The molecule has 128 valence electrons. The molecular formula is C18H28N2O3. The van der Waals surface area contributed by atoms with Crippen molar-refractivity contribution in [2.75, 3.05) is 19.8 Å². The Morgan fingerprint density at radius 3 is 3.09 bits per heavy atom. The minimum Gasteiger partial charge on any atom is -0.396 e. The van der Waals surface area contributed by atoms with Crippen LogP contribution in [0.5, 0.6) is 0 Å². The van der Waals surface area contributed by atoms with Gasteiger partial charge in [0.25, 0.3) is 0 Å². The van der Waals surface area contributed by atoms with Crippen LogP contribution in [0.1, 0.15) is 38.3 Å². The van der Waals surface area contributed by atoms with Gasteiger partial charge >= 0.3 is 0 Å². The molecular weight excluding hydrogens is 292 g/mol. The van der Waals surface area contributed by atoms with E-state index in [1.165, 1.54) is 0 Å². The van der Waals surface area contributed by atoms with Crippen molar-refractivity contribution in [2.24, 2.45) is 11.8 Å². The lowest BCUT2D eigenvalue weighted by atomic mass is 9.92. The number of rotatable bonds is 8. The Kier molecular flexibility index (Phi) is 7.49. The lowest BCUT2D eigenvalue weighted by Gasteiger charge is -2.29. The molecule has 0 radical (unpaired) electrons. The second kappa shape index (κ2) is 9.63. The Hall–Kier alpha value is -1.46. The van der Waals surface area contributed by atoms with Gasteiger partial charge in [0.2, 0.25) is 5.91 Å². The zero-order chi connectivity index (χ0) is 16.5. The van der Waals surface area contributed by atoms with E-state index < -0.39 is 0 Å². The monoisotopic (exact) mass is 320 g/mol. The number of nitrogens with zero attached hydrogens (tertiary/aromatic N) is 1. The van der Waals surface area contributed by atoms with Crippen molar-refractivity contribution in [3.8, 4) is 0 Å². The molecule has 5 heteroatoms. The fraction of sp³-hybridized carbons (Fsp3) is 0.667. The average Bonchev–Trinajstić information content (AvgIpc) is 2.59. The van der Waals surface area contributed by atoms with E-state index in [9.17, 15) is 9.90 Å². The summed E-state index contributed by atoms with van der Waals surface area (Å²) in [4.78, 5) is 16.6. The molecule has 23 heavy (non-hydrogen) atoms. The van der Waals surface area contributed by atoms with E-state index in [0.717, 1.165) is 31.4 Å². The number of hydrogen-bond donors (Lipinski definition) is 2. The number of ether oxygens (including phenoxy) is 1. The quantitative estimate of drug-likeness (QED) is 0.768. The van der Waals surface area contributed by atoms with Gasteiger partial charge in [-0.15, -0.1) is 0 Å². The minimum absolute atomic E-state index is 0.000120. The van der Waals surface area contributed by atoms with Crippen molar-refractivity contribution in [3.63, 3.8) is 0 Å². The molecule has 0 bridgehead atoms. The van der Waals surface area contributed by atoms with Crippen LogP contribution < -0.4 is 5.32 Å². The van der Waals surface area contributed by atoms with E-state index in [-0.39, 0.29) is 30.5 Å². The summed E-state index contributed by atoms with van der Waals surface area (Å²) in [6.07, 6.45) is 6.33. The fourth-order valence-electron chi connectivity index (χ4n) is 3.05.